The molecule has 2 aromatic heterocycles. The van der Waals surface area contributed by atoms with Crippen molar-refractivity contribution in [3.05, 3.63) is 39.8 Å². The Kier molecular flexibility index (Phi) is 3.97. The van der Waals surface area contributed by atoms with Crippen molar-refractivity contribution >= 4 is 5.91 Å². The normalized spacial score (nSPS) is 17.4. The van der Waals surface area contributed by atoms with E-state index in [0.717, 1.165) is 18.1 Å². The Labute approximate surface area is 133 Å². The van der Waals surface area contributed by atoms with E-state index in [1.165, 1.54) is 12.1 Å². The molecular formula is C15H20N6O2. The fraction of sp³-hybridized carbons (Fsp3) is 0.533. The Balaban J connectivity index is 1.89. The minimum absolute atomic E-state index is 0.153. The van der Waals surface area contributed by atoms with Crippen LogP contribution in [-0.4, -0.2) is 42.3 Å². The quantitative estimate of drug-likeness (QED) is 0.908. The van der Waals surface area contributed by atoms with E-state index in [2.05, 4.69) is 38.8 Å². The summed E-state index contributed by atoms with van der Waals surface area (Å²) in [5.41, 5.74) is -0.0918. The van der Waals surface area contributed by atoms with Gasteiger partial charge in [0.1, 0.15) is 11.5 Å². The predicted molar refractivity (Wildman–Crippen MR) is 82.8 cm³/mol. The number of carbonyl (C=O) groups excluding carboxylic acids is 1. The van der Waals surface area contributed by atoms with Gasteiger partial charge in [0.15, 0.2) is 5.82 Å². The third-order valence-corrected chi connectivity index (χ3v) is 3.99. The molecule has 0 saturated carbocycles. The molecule has 1 aliphatic heterocycles. The van der Waals surface area contributed by atoms with E-state index in [9.17, 15) is 9.59 Å². The number of H-pyrrole nitrogens is 1. The van der Waals surface area contributed by atoms with Crippen LogP contribution in [0.5, 0.6) is 0 Å². The van der Waals surface area contributed by atoms with Crippen LogP contribution < -0.4 is 5.56 Å². The van der Waals surface area contributed by atoms with Gasteiger partial charge in [-0.25, -0.2) is 5.10 Å². The summed E-state index contributed by atoms with van der Waals surface area (Å²) in [4.78, 5) is 25.5. The van der Waals surface area contributed by atoms with E-state index in [0.29, 0.717) is 19.0 Å². The fourth-order valence-electron chi connectivity index (χ4n) is 3.07. The van der Waals surface area contributed by atoms with Crippen LogP contribution in [-0.2, 0) is 6.54 Å². The van der Waals surface area contributed by atoms with Crippen molar-refractivity contribution in [1.82, 2.24) is 29.9 Å². The Bertz CT molecular complexity index is 758. The largest absolute Gasteiger partial charge is 0.328 e. The third kappa shape index (κ3) is 3.01. The van der Waals surface area contributed by atoms with Crippen LogP contribution in [0.25, 0.3) is 0 Å². The van der Waals surface area contributed by atoms with Crippen LogP contribution in [0.15, 0.2) is 16.9 Å². The van der Waals surface area contributed by atoms with Crippen molar-refractivity contribution in [3.8, 4) is 0 Å². The summed E-state index contributed by atoms with van der Waals surface area (Å²) < 4.78 is 2.13. The smallest absolute Gasteiger partial charge is 0.274 e. The first-order valence-corrected chi connectivity index (χ1v) is 7.71. The number of rotatable bonds is 3. The molecule has 122 valence electrons. The van der Waals surface area contributed by atoms with E-state index in [4.69, 9.17) is 0 Å². The highest BCUT2D eigenvalue weighted by Crippen LogP contribution is 2.27. The van der Waals surface area contributed by atoms with Gasteiger partial charge in [-0.15, -0.1) is 10.2 Å². The van der Waals surface area contributed by atoms with Crippen LogP contribution >= 0.6 is 0 Å². The van der Waals surface area contributed by atoms with Crippen LogP contribution in [0.4, 0.5) is 0 Å². The van der Waals surface area contributed by atoms with Crippen LogP contribution in [0.2, 0.25) is 0 Å². The maximum atomic E-state index is 12.6. The minimum Gasteiger partial charge on any atom is -0.328 e. The average molecular weight is 316 g/mol. The Morgan fingerprint density at radius 3 is 2.83 bits per heavy atom. The van der Waals surface area contributed by atoms with Gasteiger partial charge >= 0.3 is 0 Å². The summed E-state index contributed by atoms with van der Waals surface area (Å²) in [6.45, 7) is 7.23. The van der Waals surface area contributed by atoms with E-state index in [-0.39, 0.29) is 23.2 Å². The second kappa shape index (κ2) is 5.94. The average Bonchev–Trinajstić information content (AvgIpc) is 2.88. The zero-order chi connectivity index (χ0) is 16.6. The molecule has 2 aromatic rings. The molecule has 0 aromatic carbocycles. The zero-order valence-corrected chi connectivity index (χ0v) is 13.5. The molecule has 23 heavy (non-hydrogen) atoms. The van der Waals surface area contributed by atoms with Crippen LogP contribution in [0.1, 0.15) is 48.4 Å². The number of nitrogens with zero attached hydrogens (tertiary/aromatic N) is 5. The lowest BCUT2D eigenvalue weighted by atomic mass is 10.0. The molecule has 1 aliphatic rings. The molecule has 0 spiro atoms. The van der Waals surface area contributed by atoms with Gasteiger partial charge in [-0.05, 0) is 25.3 Å². The summed E-state index contributed by atoms with van der Waals surface area (Å²) in [5, 5.41) is 14.5. The van der Waals surface area contributed by atoms with E-state index in [1.807, 2.05) is 6.92 Å². The molecule has 3 rings (SSSR count). The first kappa shape index (κ1) is 15.4. The summed E-state index contributed by atoms with van der Waals surface area (Å²) in [7, 11) is 0. The molecule has 0 saturated heterocycles. The number of aromatic amines is 1. The number of hydrogen-bond acceptors (Lipinski definition) is 5. The molecule has 8 heteroatoms. The van der Waals surface area contributed by atoms with Crippen molar-refractivity contribution in [2.75, 3.05) is 6.54 Å². The van der Waals surface area contributed by atoms with Crippen molar-refractivity contribution in [3.63, 3.8) is 0 Å². The van der Waals surface area contributed by atoms with Gasteiger partial charge < -0.3 is 9.47 Å². The molecule has 8 nitrogen and oxygen atoms in total. The molecule has 1 atom stereocenters. The van der Waals surface area contributed by atoms with E-state index in [1.54, 1.807) is 4.90 Å². The lowest BCUT2D eigenvalue weighted by Gasteiger charge is -2.34. The van der Waals surface area contributed by atoms with Gasteiger partial charge in [0.2, 0.25) is 0 Å². The molecular weight excluding hydrogens is 296 g/mol. The van der Waals surface area contributed by atoms with E-state index < -0.39 is 0 Å². The monoisotopic (exact) mass is 316 g/mol. The molecule has 0 radical (unpaired) electrons. The van der Waals surface area contributed by atoms with Crippen molar-refractivity contribution in [2.45, 2.75) is 39.8 Å². The number of hydrogen-bond donors (Lipinski definition) is 1. The SMILES string of the molecule is Cc1nnc2n1[C@@H](CC(C)C)CN(C(=O)c1ccc(=O)[nH]n1)C2. The Hall–Kier alpha value is -2.51. The summed E-state index contributed by atoms with van der Waals surface area (Å²) in [6.07, 6.45) is 0.939. The molecule has 0 bridgehead atoms. The second-order valence-electron chi connectivity index (χ2n) is 6.31. The number of aromatic nitrogens is 5. The number of carbonyl (C=O) groups is 1. The Morgan fingerprint density at radius 2 is 2.17 bits per heavy atom. The maximum absolute atomic E-state index is 12.6. The molecule has 1 amide bonds. The first-order valence-electron chi connectivity index (χ1n) is 7.71. The summed E-state index contributed by atoms with van der Waals surface area (Å²) >= 11 is 0. The van der Waals surface area contributed by atoms with Crippen LogP contribution in [0, 0.1) is 12.8 Å². The highest BCUT2D eigenvalue weighted by molar-refractivity contribution is 5.92. The number of aryl methyl sites for hydroxylation is 1. The van der Waals surface area contributed by atoms with Crippen molar-refractivity contribution in [2.24, 2.45) is 5.92 Å². The summed E-state index contributed by atoms with van der Waals surface area (Å²) in [6, 6.07) is 2.91. The lowest BCUT2D eigenvalue weighted by Crippen LogP contribution is -2.42. The van der Waals surface area contributed by atoms with Crippen LogP contribution in [0.3, 0.4) is 0 Å². The minimum atomic E-state index is -0.326. The molecule has 1 N–H and O–H groups in total. The zero-order valence-electron chi connectivity index (χ0n) is 13.5. The van der Waals surface area contributed by atoms with Gasteiger partial charge in [0.05, 0.1) is 12.6 Å². The molecule has 0 unspecified atom stereocenters. The van der Waals surface area contributed by atoms with Crippen molar-refractivity contribution in [1.29, 1.82) is 0 Å². The third-order valence-electron chi connectivity index (χ3n) is 3.99. The van der Waals surface area contributed by atoms with Crippen molar-refractivity contribution < 1.29 is 4.79 Å². The summed E-state index contributed by atoms with van der Waals surface area (Å²) in [5.74, 6) is 1.95. The maximum Gasteiger partial charge on any atom is 0.274 e. The topological polar surface area (TPSA) is 96.8 Å². The number of nitrogens with one attached hydrogen (secondary N) is 1. The lowest BCUT2D eigenvalue weighted by molar-refractivity contribution is 0.0653. The Morgan fingerprint density at radius 1 is 1.39 bits per heavy atom. The van der Waals surface area contributed by atoms with Gasteiger partial charge in [0, 0.05) is 12.6 Å². The van der Waals surface area contributed by atoms with E-state index >= 15 is 0 Å². The van der Waals surface area contributed by atoms with Gasteiger partial charge in [-0.1, -0.05) is 13.8 Å². The first-order chi connectivity index (χ1) is 11.0. The van der Waals surface area contributed by atoms with Gasteiger partial charge in [0.25, 0.3) is 11.5 Å². The standard InChI is InChI=1S/C15H20N6O2/c1-9(2)6-11-7-20(8-13-18-16-10(3)21(11)13)15(23)12-4-5-14(22)19-17-12/h4-5,9,11H,6-8H2,1-3H3,(H,19,22)/t11-/m0/s1. The highest BCUT2D eigenvalue weighted by atomic mass is 16.2. The highest BCUT2D eigenvalue weighted by Gasteiger charge is 2.31. The molecule has 0 fully saturated rings. The number of fused-ring (bicyclic) bond motifs is 1. The fourth-order valence-corrected chi connectivity index (χ4v) is 3.07. The van der Waals surface area contributed by atoms with Gasteiger partial charge in [-0.3, -0.25) is 9.59 Å². The second-order valence-corrected chi connectivity index (χ2v) is 6.31. The number of amides is 1. The molecule has 0 aliphatic carbocycles. The predicted octanol–water partition coefficient (Wildman–Crippen LogP) is 0.913. The van der Waals surface area contributed by atoms with Gasteiger partial charge in [-0.2, -0.15) is 5.10 Å². The molecule has 3 heterocycles.